The van der Waals surface area contributed by atoms with Crippen LogP contribution in [0.3, 0.4) is 0 Å². The van der Waals surface area contributed by atoms with E-state index in [2.05, 4.69) is 22.1 Å². The molecule has 3 heterocycles. The van der Waals surface area contributed by atoms with E-state index in [1.807, 2.05) is 24.3 Å². The van der Waals surface area contributed by atoms with Gasteiger partial charge in [0.25, 0.3) is 11.7 Å². The van der Waals surface area contributed by atoms with Gasteiger partial charge >= 0.3 is 0 Å². The summed E-state index contributed by atoms with van der Waals surface area (Å²) in [6.07, 6.45) is 4.55. The van der Waals surface area contributed by atoms with Crippen LogP contribution in [0.5, 0.6) is 0 Å². The lowest BCUT2D eigenvalue weighted by Gasteiger charge is -2.37. The second-order valence-electron chi connectivity index (χ2n) is 7.32. The molecule has 5 nitrogen and oxygen atoms in total. The molecule has 1 spiro atoms. The first-order valence-corrected chi connectivity index (χ1v) is 10.1. The molecule has 26 heavy (non-hydrogen) atoms. The molecule has 1 aromatic carbocycles. The van der Waals surface area contributed by atoms with Crippen LogP contribution in [-0.4, -0.2) is 18.6 Å². The van der Waals surface area contributed by atoms with Crippen molar-refractivity contribution in [1.82, 2.24) is 0 Å². The van der Waals surface area contributed by atoms with Crippen LogP contribution in [0, 0.1) is 5.92 Å². The summed E-state index contributed by atoms with van der Waals surface area (Å²) in [5, 5.41) is 8.43. The first-order chi connectivity index (χ1) is 12.7. The Hall–Kier alpha value is -1.89. The van der Waals surface area contributed by atoms with Gasteiger partial charge in [-0.25, -0.2) is 0 Å². The minimum Gasteiger partial charge on any atom is -0.380 e. The standard InChI is InChI=1S/C20H22N2O3S/c23-19-20(24-8-7-15(25-20)10-13-3-4-13)17-11-14(5-6-18(17)22-19)21-12-16-2-1-9-26-16/h1-2,5-6,9,11,13,15,21H,3-4,7-8,10,12H2,(H,22,23). The first-order valence-electron chi connectivity index (χ1n) is 9.27. The third kappa shape index (κ3) is 2.92. The fraction of sp³-hybridized carbons (Fsp3) is 0.450. The number of rotatable bonds is 5. The molecule has 1 amide bonds. The quantitative estimate of drug-likeness (QED) is 0.833. The molecule has 1 aromatic heterocycles. The lowest BCUT2D eigenvalue weighted by Crippen LogP contribution is -2.47. The van der Waals surface area contributed by atoms with Gasteiger partial charge in [0, 0.05) is 22.7 Å². The van der Waals surface area contributed by atoms with Crippen molar-refractivity contribution in [2.45, 2.75) is 44.1 Å². The van der Waals surface area contributed by atoms with E-state index in [0.29, 0.717) is 6.61 Å². The zero-order valence-electron chi connectivity index (χ0n) is 14.5. The van der Waals surface area contributed by atoms with Gasteiger partial charge in [0.05, 0.1) is 18.4 Å². The summed E-state index contributed by atoms with van der Waals surface area (Å²) in [4.78, 5) is 14.0. The van der Waals surface area contributed by atoms with Crippen LogP contribution in [0.25, 0.3) is 0 Å². The largest absolute Gasteiger partial charge is 0.380 e. The summed E-state index contributed by atoms with van der Waals surface area (Å²) in [5.41, 5.74) is 2.53. The molecule has 2 aromatic rings. The molecule has 2 atom stereocenters. The highest BCUT2D eigenvalue weighted by atomic mass is 32.1. The summed E-state index contributed by atoms with van der Waals surface area (Å²) in [5.74, 6) is -0.727. The van der Waals surface area contributed by atoms with Gasteiger partial charge in [-0.15, -0.1) is 11.3 Å². The number of carbonyl (C=O) groups is 1. The van der Waals surface area contributed by atoms with E-state index in [1.165, 1.54) is 17.7 Å². The Morgan fingerprint density at radius 1 is 1.27 bits per heavy atom. The van der Waals surface area contributed by atoms with Crippen LogP contribution in [0.1, 0.15) is 36.1 Å². The molecule has 0 bridgehead atoms. The normalized spacial score (nSPS) is 27.4. The van der Waals surface area contributed by atoms with Crippen LogP contribution >= 0.6 is 11.3 Å². The lowest BCUT2D eigenvalue weighted by atomic mass is 10.0. The van der Waals surface area contributed by atoms with Gasteiger partial charge < -0.3 is 20.1 Å². The van der Waals surface area contributed by atoms with E-state index in [0.717, 1.165) is 42.2 Å². The molecule has 3 aliphatic rings. The van der Waals surface area contributed by atoms with Crippen molar-refractivity contribution >= 4 is 28.6 Å². The number of hydrogen-bond acceptors (Lipinski definition) is 5. The van der Waals surface area contributed by atoms with E-state index in [-0.39, 0.29) is 12.0 Å². The molecule has 2 N–H and O–H groups in total. The van der Waals surface area contributed by atoms with Crippen molar-refractivity contribution in [3.63, 3.8) is 0 Å². The highest BCUT2D eigenvalue weighted by Crippen LogP contribution is 2.46. The number of fused-ring (bicyclic) bond motifs is 2. The van der Waals surface area contributed by atoms with Crippen LogP contribution in [0.15, 0.2) is 35.7 Å². The fourth-order valence-electron chi connectivity index (χ4n) is 3.78. The lowest BCUT2D eigenvalue weighted by molar-refractivity contribution is -0.281. The Labute approximate surface area is 156 Å². The van der Waals surface area contributed by atoms with Crippen LogP contribution in [0.4, 0.5) is 11.4 Å². The Balaban J connectivity index is 1.39. The zero-order chi connectivity index (χ0) is 17.6. The Kier molecular flexibility index (Phi) is 3.99. The summed E-state index contributed by atoms with van der Waals surface area (Å²) in [6, 6.07) is 10.0. The number of carbonyl (C=O) groups excluding carboxylic acids is 1. The molecule has 6 heteroatoms. The summed E-state index contributed by atoms with van der Waals surface area (Å²) < 4.78 is 12.2. The summed E-state index contributed by atoms with van der Waals surface area (Å²) in [6.45, 7) is 1.31. The number of amides is 1. The fourth-order valence-corrected chi connectivity index (χ4v) is 4.42. The highest BCUT2D eigenvalue weighted by molar-refractivity contribution is 7.09. The van der Waals surface area contributed by atoms with Gasteiger partial charge in [0.15, 0.2) is 0 Å². The molecular weight excluding hydrogens is 348 g/mol. The molecule has 1 aliphatic carbocycles. The molecular formula is C20H22N2O3S. The van der Waals surface area contributed by atoms with E-state index in [1.54, 1.807) is 11.3 Å². The number of thiophene rings is 1. The maximum absolute atomic E-state index is 12.7. The Morgan fingerprint density at radius 3 is 3.00 bits per heavy atom. The van der Waals surface area contributed by atoms with Crippen molar-refractivity contribution in [3.05, 3.63) is 46.2 Å². The predicted octanol–water partition coefficient (Wildman–Crippen LogP) is 4.07. The minimum absolute atomic E-state index is 0.0932. The van der Waals surface area contributed by atoms with Gasteiger partial charge in [-0.1, -0.05) is 18.9 Å². The number of anilines is 2. The van der Waals surface area contributed by atoms with E-state index < -0.39 is 5.79 Å². The van der Waals surface area contributed by atoms with Gasteiger partial charge in [-0.3, -0.25) is 4.79 Å². The molecule has 1 saturated heterocycles. The van der Waals surface area contributed by atoms with E-state index in [9.17, 15) is 4.79 Å². The predicted molar refractivity (Wildman–Crippen MR) is 101 cm³/mol. The van der Waals surface area contributed by atoms with Crippen molar-refractivity contribution in [2.24, 2.45) is 5.92 Å². The first kappa shape index (κ1) is 16.3. The highest BCUT2D eigenvalue weighted by Gasteiger charge is 2.53. The number of benzene rings is 1. The molecule has 2 aliphatic heterocycles. The van der Waals surface area contributed by atoms with Gasteiger partial charge in [-0.2, -0.15) is 0 Å². The number of ether oxygens (including phenoxy) is 2. The zero-order valence-corrected chi connectivity index (χ0v) is 15.3. The summed E-state index contributed by atoms with van der Waals surface area (Å²) >= 11 is 1.72. The molecule has 136 valence electrons. The molecule has 1 saturated carbocycles. The average molecular weight is 370 g/mol. The number of nitrogens with one attached hydrogen (secondary N) is 2. The van der Waals surface area contributed by atoms with Gasteiger partial charge in [0.1, 0.15) is 0 Å². The second kappa shape index (κ2) is 6.37. The summed E-state index contributed by atoms with van der Waals surface area (Å²) in [7, 11) is 0. The van der Waals surface area contributed by atoms with Crippen LogP contribution in [-0.2, 0) is 26.6 Å². The monoisotopic (exact) mass is 370 g/mol. The molecule has 5 rings (SSSR count). The SMILES string of the molecule is O=C1Nc2ccc(NCc3cccs3)cc2C12OCCC(CC1CC1)O2. The topological polar surface area (TPSA) is 59.6 Å². The smallest absolute Gasteiger partial charge is 0.289 e. The van der Waals surface area contributed by atoms with Crippen LogP contribution < -0.4 is 10.6 Å². The van der Waals surface area contributed by atoms with Crippen molar-refractivity contribution < 1.29 is 14.3 Å². The van der Waals surface area contributed by atoms with Crippen molar-refractivity contribution in [1.29, 1.82) is 0 Å². The van der Waals surface area contributed by atoms with Gasteiger partial charge in [0.2, 0.25) is 0 Å². The third-order valence-corrected chi connectivity index (χ3v) is 6.22. The van der Waals surface area contributed by atoms with E-state index in [4.69, 9.17) is 9.47 Å². The van der Waals surface area contributed by atoms with Crippen molar-refractivity contribution in [3.8, 4) is 0 Å². The number of hydrogen-bond donors (Lipinski definition) is 2. The van der Waals surface area contributed by atoms with E-state index >= 15 is 0 Å². The Morgan fingerprint density at radius 2 is 2.19 bits per heavy atom. The maximum atomic E-state index is 12.7. The van der Waals surface area contributed by atoms with Crippen LogP contribution in [0.2, 0.25) is 0 Å². The molecule has 0 radical (unpaired) electrons. The van der Waals surface area contributed by atoms with Gasteiger partial charge in [-0.05, 0) is 48.4 Å². The van der Waals surface area contributed by atoms with Crippen molar-refractivity contribution in [2.75, 3.05) is 17.2 Å². The third-order valence-electron chi connectivity index (χ3n) is 5.34. The minimum atomic E-state index is -1.28. The Bertz CT molecular complexity index is 818. The second-order valence-corrected chi connectivity index (χ2v) is 8.35. The maximum Gasteiger partial charge on any atom is 0.289 e. The molecule has 2 unspecified atom stereocenters. The average Bonchev–Trinajstić information content (AvgIpc) is 3.23. The molecule has 2 fully saturated rings.